The van der Waals surface area contributed by atoms with Crippen molar-refractivity contribution in [3.8, 4) is 5.88 Å². The predicted octanol–water partition coefficient (Wildman–Crippen LogP) is 1.74. The quantitative estimate of drug-likeness (QED) is 0.917. The molecule has 2 aliphatic rings. The first-order valence-electron chi connectivity index (χ1n) is 6.83. The molecule has 4 nitrogen and oxygen atoms in total. The van der Waals surface area contributed by atoms with Crippen LogP contribution in [0.2, 0.25) is 0 Å². The van der Waals surface area contributed by atoms with Gasteiger partial charge in [0.15, 0.2) is 0 Å². The predicted molar refractivity (Wildman–Crippen MR) is 73.5 cm³/mol. The molecule has 3 heterocycles. The first-order valence-corrected chi connectivity index (χ1v) is 8.11. The van der Waals surface area contributed by atoms with E-state index in [9.17, 15) is 9.32 Å². The van der Waals surface area contributed by atoms with Crippen LogP contribution < -0.4 is 4.74 Å². The Kier molecular flexibility index (Phi) is 3.35. The maximum atomic E-state index is 12.0. The zero-order chi connectivity index (χ0) is 13.5. The van der Waals surface area contributed by atoms with E-state index in [2.05, 4.69) is 4.98 Å². The average Bonchev–Trinajstić information content (AvgIpc) is 2.63. The molecule has 2 fully saturated rings. The molecule has 0 aromatic carbocycles. The van der Waals surface area contributed by atoms with Gasteiger partial charge < -0.3 is 9.84 Å². The van der Waals surface area contributed by atoms with E-state index in [0.29, 0.717) is 25.3 Å². The molecule has 19 heavy (non-hydrogen) atoms. The van der Waals surface area contributed by atoms with Crippen molar-refractivity contribution in [3.63, 3.8) is 0 Å². The van der Waals surface area contributed by atoms with E-state index in [1.165, 1.54) is 0 Å². The van der Waals surface area contributed by atoms with Crippen LogP contribution in [0.3, 0.4) is 0 Å². The third kappa shape index (κ3) is 2.30. The molecule has 2 aliphatic heterocycles. The fourth-order valence-electron chi connectivity index (χ4n) is 3.21. The molecule has 2 atom stereocenters. The normalized spacial score (nSPS) is 37.3. The van der Waals surface area contributed by atoms with E-state index in [4.69, 9.17) is 4.74 Å². The minimum absolute atomic E-state index is 0.148. The number of hydrogen-bond donors (Lipinski definition) is 1. The second kappa shape index (κ2) is 4.87. The number of rotatable bonds is 3. The highest BCUT2D eigenvalue weighted by Gasteiger charge is 2.48. The molecule has 1 aromatic rings. The maximum absolute atomic E-state index is 12.0. The summed E-state index contributed by atoms with van der Waals surface area (Å²) in [5.74, 6) is 0.581. The molecule has 0 aliphatic carbocycles. The summed E-state index contributed by atoms with van der Waals surface area (Å²) in [5, 5.41) is 11.1. The van der Waals surface area contributed by atoms with Crippen LogP contribution in [0.5, 0.6) is 5.88 Å². The Balaban J connectivity index is 1.83. The lowest BCUT2D eigenvalue weighted by molar-refractivity contribution is 0.0180. The molecule has 0 saturated carbocycles. The van der Waals surface area contributed by atoms with Gasteiger partial charge in [0.05, 0.1) is 12.2 Å². The molecule has 2 bridgehead atoms. The SMILES string of the molecule is CCOc1ccc(C2(O)CC3CCC(C2)S3=O)cn1. The van der Waals surface area contributed by atoms with Gasteiger partial charge in [-0.05, 0) is 38.7 Å². The van der Waals surface area contributed by atoms with Gasteiger partial charge in [-0.2, -0.15) is 0 Å². The Hall–Kier alpha value is -0.940. The van der Waals surface area contributed by atoms with Crippen LogP contribution in [-0.4, -0.2) is 31.4 Å². The fourth-order valence-corrected chi connectivity index (χ4v) is 5.37. The monoisotopic (exact) mass is 281 g/mol. The van der Waals surface area contributed by atoms with Crippen molar-refractivity contribution in [2.75, 3.05) is 6.61 Å². The van der Waals surface area contributed by atoms with Crippen LogP contribution in [0.1, 0.15) is 38.2 Å². The highest BCUT2D eigenvalue weighted by molar-refractivity contribution is 7.86. The summed E-state index contributed by atoms with van der Waals surface area (Å²) in [6.07, 6.45) is 4.82. The van der Waals surface area contributed by atoms with E-state index < -0.39 is 16.4 Å². The number of fused-ring (bicyclic) bond motifs is 2. The summed E-state index contributed by atoms with van der Waals surface area (Å²) < 4.78 is 17.3. The van der Waals surface area contributed by atoms with Crippen molar-refractivity contribution in [2.24, 2.45) is 0 Å². The number of nitrogens with zero attached hydrogens (tertiary/aromatic N) is 1. The Morgan fingerprint density at radius 3 is 2.63 bits per heavy atom. The first kappa shape index (κ1) is 13.1. The molecule has 3 rings (SSSR count). The van der Waals surface area contributed by atoms with Gasteiger partial charge in [-0.1, -0.05) is 0 Å². The van der Waals surface area contributed by atoms with Gasteiger partial charge in [-0.3, -0.25) is 4.21 Å². The van der Waals surface area contributed by atoms with Gasteiger partial charge in [0.25, 0.3) is 0 Å². The van der Waals surface area contributed by atoms with Gasteiger partial charge in [-0.15, -0.1) is 0 Å². The van der Waals surface area contributed by atoms with E-state index in [-0.39, 0.29) is 10.5 Å². The number of aromatic nitrogens is 1. The molecule has 5 heteroatoms. The molecule has 2 saturated heterocycles. The number of aliphatic hydroxyl groups is 1. The Morgan fingerprint density at radius 2 is 2.11 bits per heavy atom. The van der Waals surface area contributed by atoms with Crippen molar-refractivity contribution in [2.45, 2.75) is 48.7 Å². The third-order valence-corrected chi connectivity index (χ3v) is 6.28. The standard InChI is InChI=1S/C14H19NO3S/c1-2-18-13-6-3-10(9-15-13)14(16)7-11-4-5-12(8-14)19(11)17/h3,6,9,11-12,16H,2,4-5,7-8H2,1H3. The minimum atomic E-state index is -0.864. The van der Waals surface area contributed by atoms with Gasteiger partial charge in [0.1, 0.15) is 0 Å². The van der Waals surface area contributed by atoms with Crippen molar-refractivity contribution in [1.29, 1.82) is 0 Å². The smallest absolute Gasteiger partial charge is 0.213 e. The molecule has 0 spiro atoms. The second-order valence-electron chi connectivity index (χ2n) is 5.41. The lowest BCUT2D eigenvalue weighted by Crippen LogP contribution is -2.40. The van der Waals surface area contributed by atoms with Gasteiger partial charge in [0, 0.05) is 39.1 Å². The highest BCUT2D eigenvalue weighted by Crippen LogP contribution is 2.45. The summed E-state index contributed by atoms with van der Waals surface area (Å²) in [7, 11) is -0.751. The van der Waals surface area contributed by atoms with Gasteiger partial charge in [0.2, 0.25) is 5.88 Å². The van der Waals surface area contributed by atoms with Crippen LogP contribution in [0.25, 0.3) is 0 Å². The summed E-state index contributed by atoms with van der Waals surface area (Å²) >= 11 is 0. The molecule has 0 amide bonds. The van der Waals surface area contributed by atoms with Gasteiger partial charge in [-0.25, -0.2) is 4.98 Å². The molecule has 104 valence electrons. The molecule has 0 radical (unpaired) electrons. The van der Waals surface area contributed by atoms with Crippen LogP contribution in [0.4, 0.5) is 0 Å². The van der Waals surface area contributed by atoms with Crippen molar-refractivity contribution in [1.82, 2.24) is 4.98 Å². The Morgan fingerprint density at radius 1 is 1.42 bits per heavy atom. The van der Waals surface area contributed by atoms with Crippen molar-refractivity contribution in [3.05, 3.63) is 23.9 Å². The first-order chi connectivity index (χ1) is 9.12. The molecule has 1 N–H and O–H groups in total. The molecule has 2 unspecified atom stereocenters. The number of ether oxygens (including phenoxy) is 1. The lowest BCUT2D eigenvalue weighted by Gasteiger charge is -2.36. The average molecular weight is 281 g/mol. The summed E-state index contributed by atoms with van der Waals surface area (Å²) in [6, 6.07) is 3.68. The fraction of sp³-hybridized carbons (Fsp3) is 0.643. The van der Waals surface area contributed by atoms with Crippen LogP contribution >= 0.6 is 0 Å². The molecule has 1 aromatic heterocycles. The van der Waals surface area contributed by atoms with Crippen LogP contribution in [0, 0.1) is 0 Å². The van der Waals surface area contributed by atoms with Crippen LogP contribution in [0.15, 0.2) is 18.3 Å². The van der Waals surface area contributed by atoms with Crippen molar-refractivity contribution >= 4 is 10.8 Å². The minimum Gasteiger partial charge on any atom is -0.478 e. The lowest BCUT2D eigenvalue weighted by atomic mass is 9.87. The highest BCUT2D eigenvalue weighted by atomic mass is 32.2. The summed E-state index contributed by atoms with van der Waals surface area (Å²) in [5.41, 5.74) is -0.0399. The van der Waals surface area contributed by atoms with E-state index in [0.717, 1.165) is 18.4 Å². The van der Waals surface area contributed by atoms with E-state index in [1.807, 2.05) is 13.0 Å². The number of hydrogen-bond acceptors (Lipinski definition) is 4. The third-order valence-electron chi connectivity index (χ3n) is 4.16. The second-order valence-corrected chi connectivity index (χ2v) is 7.40. The molecular formula is C14H19NO3S. The van der Waals surface area contributed by atoms with E-state index in [1.54, 1.807) is 12.3 Å². The van der Waals surface area contributed by atoms with E-state index >= 15 is 0 Å². The Labute approximate surface area is 115 Å². The Bertz CT molecular complexity index is 472. The topological polar surface area (TPSA) is 59.4 Å². The largest absolute Gasteiger partial charge is 0.478 e. The van der Waals surface area contributed by atoms with Crippen LogP contribution in [-0.2, 0) is 16.4 Å². The maximum Gasteiger partial charge on any atom is 0.213 e. The molecular weight excluding hydrogens is 262 g/mol. The van der Waals surface area contributed by atoms with Gasteiger partial charge >= 0.3 is 0 Å². The summed E-state index contributed by atoms with van der Waals surface area (Å²) in [6.45, 7) is 2.50. The summed E-state index contributed by atoms with van der Waals surface area (Å²) in [4.78, 5) is 4.22. The van der Waals surface area contributed by atoms with Crippen molar-refractivity contribution < 1.29 is 14.1 Å². The number of pyridine rings is 1. The zero-order valence-electron chi connectivity index (χ0n) is 11.0. The zero-order valence-corrected chi connectivity index (χ0v) is 11.9.